The van der Waals surface area contributed by atoms with Crippen LogP contribution < -0.4 is 0 Å². The Kier molecular flexibility index (Phi) is 3.34. The number of halogens is 1. The van der Waals surface area contributed by atoms with Gasteiger partial charge in [-0.15, -0.1) is 10.2 Å². The van der Waals surface area contributed by atoms with Gasteiger partial charge >= 0.3 is 0 Å². The van der Waals surface area contributed by atoms with Crippen molar-refractivity contribution >= 4 is 15.9 Å². The molecule has 0 N–H and O–H groups in total. The maximum atomic E-state index is 5.73. The summed E-state index contributed by atoms with van der Waals surface area (Å²) in [5.74, 6) is 1.74. The van der Waals surface area contributed by atoms with Gasteiger partial charge in [0.05, 0.1) is 0 Å². The molecule has 0 amide bonds. The van der Waals surface area contributed by atoms with E-state index in [4.69, 9.17) is 13.4 Å². The predicted octanol–water partition coefficient (Wildman–Crippen LogP) is 4.72. The fraction of sp³-hybridized carbons (Fsp3) is 0.0625. The van der Waals surface area contributed by atoms with E-state index in [1.807, 2.05) is 37.3 Å². The number of hydrogen-bond donors (Lipinski definition) is 0. The molecular weight excluding hydrogens is 362 g/mol. The Balaban J connectivity index is 1.80. The van der Waals surface area contributed by atoms with Crippen LogP contribution in [0.1, 0.15) is 5.76 Å². The third-order valence-electron chi connectivity index (χ3n) is 3.33. The van der Waals surface area contributed by atoms with Crippen molar-refractivity contribution in [2.24, 2.45) is 0 Å². The molecule has 4 aromatic rings. The van der Waals surface area contributed by atoms with E-state index in [-0.39, 0.29) is 0 Å². The lowest BCUT2D eigenvalue weighted by Crippen LogP contribution is -1.84. The molecule has 114 valence electrons. The number of aryl methyl sites for hydroxylation is 1. The molecule has 7 heteroatoms. The van der Waals surface area contributed by atoms with Crippen molar-refractivity contribution in [3.8, 4) is 34.4 Å². The predicted molar refractivity (Wildman–Crippen MR) is 85.4 cm³/mol. The molecule has 0 spiro atoms. The van der Waals surface area contributed by atoms with Gasteiger partial charge in [0.2, 0.25) is 0 Å². The summed E-state index contributed by atoms with van der Waals surface area (Å²) in [4.78, 5) is 0. The quantitative estimate of drug-likeness (QED) is 0.518. The summed E-state index contributed by atoms with van der Waals surface area (Å²) in [6, 6.07) is 13.2. The van der Waals surface area contributed by atoms with Gasteiger partial charge < -0.3 is 13.4 Å². The number of aromatic nitrogens is 3. The third kappa shape index (κ3) is 2.49. The molecule has 4 rings (SSSR count). The lowest BCUT2D eigenvalue weighted by molar-refractivity contribution is 0.399. The third-order valence-corrected chi connectivity index (χ3v) is 3.76. The molecule has 3 aromatic heterocycles. The van der Waals surface area contributed by atoms with Crippen molar-refractivity contribution in [3.63, 3.8) is 0 Å². The molecule has 1 aromatic carbocycles. The fourth-order valence-electron chi connectivity index (χ4n) is 2.27. The monoisotopic (exact) mass is 371 g/mol. The molecule has 0 saturated heterocycles. The Morgan fingerprint density at radius 2 is 1.70 bits per heavy atom. The SMILES string of the molecule is Cc1onc(-c2ccccc2)c1-c1nnc(-c2ccc(Br)o2)o1. The summed E-state index contributed by atoms with van der Waals surface area (Å²) >= 11 is 3.25. The highest BCUT2D eigenvalue weighted by atomic mass is 79.9. The number of hydrogen-bond acceptors (Lipinski definition) is 6. The van der Waals surface area contributed by atoms with Crippen molar-refractivity contribution in [2.45, 2.75) is 6.92 Å². The van der Waals surface area contributed by atoms with E-state index < -0.39 is 0 Å². The van der Waals surface area contributed by atoms with E-state index in [0.717, 1.165) is 5.56 Å². The van der Waals surface area contributed by atoms with Gasteiger partial charge in [-0.05, 0) is 35.0 Å². The average Bonchev–Trinajstić information content (AvgIpc) is 3.27. The van der Waals surface area contributed by atoms with E-state index in [2.05, 4.69) is 31.3 Å². The van der Waals surface area contributed by atoms with Gasteiger partial charge in [0.25, 0.3) is 11.8 Å². The van der Waals surface area contributed by atoms with Crippen LogP contribution >= 0.6 is 15.9 Å². The van der Waals surface area contributed by atoms with Crippen LogP contribution in [-0.4, -0.2) is 15.4 Å². The zero-order valence-corrected chi connectivity index (χ0v) is 13.6. The number of rotatable bonds is 3. The van der Waals surface area contributed by atoms with Crippen molar-refractivity contribution < 1.29 is 13.4 Å². The lowest BCUT2D eigenvalue weighted by atomic mass is 10.1. The van der Waals surface area contributed by atoms with Crippen LogP contribution in [0.25, 0.3) is 34.4 Å². The molecule has 0 radical (unpaired) electrons. The van der Waals surface area contributed by atoms with E-state index in [1.165, 1.54) is 0 Å². The molecule has 0 atom stereocenters. The maximum absolute atomic E-state index is 5.73. The van der Waals surface area contributed by atoms with Gasteiger partial charge in [-0.25, -0.2) is 0 Å². The summed E-state index contributed by atoms with van der Waals surface area (Å²) in [7, 11) is 0. The highest BCUT2D eigenvalue weighted by Crippen LogP contribution is 2.35. The minimum Gasteiger partial charge on any atom is -0.444 e. The minimum absolute atomic E-state index is 0.297. The smallest absolute Gasteiger partial charge is 0.283 e. The average molecular weight is 372 g/mol. The first-order valence-electron chi connectivity index (χ1n) is 6.83. The molecular formula is C16H10BrN3O3. The van der Waals surface area contributed by atoms with Crippen molar-refractivity contribution in [2.75, 3.05) is 0 Å². The van der Waals surface area contributed by atoms with E-state index >= 15 is 0 Å². The Morgan fingerprint density at radius 3 is 2.43 bits per heavy atom. The molecule has 0 aliphatic carbocycles. The second-order valence-electron chi connectivity index (χ2n) is 4.84. The first-order valence-corrected chi connectivity index (χ1v) is 7.63. The molecule has 0 fully saturated rings. The van der Waals surface area contributed by atoms with Gasteiger partial charge in [0.15, 0.2) is 10.4 Å². The summed E-state index contributed by atoms with van der Waals surface area (Å²) in [6.07, 6.45) is 0. The van der Waals surface area contributed by atoms with Gasteiger partial charge in [-0.3, -0.25) is 0 Å². The molecule has 6 nitrogen and oxygen atoms in total. The van der Waals surface area contributed by atoms with Gasteiger partial charge in [0, 0.05) is 5.56 Å². The Morgan fingerprint density at radius 1 is 0.913 bits per heavy atom. The molecule has 0 saturated carbocycles. The van der Waals surface area contributed by atoms with Crippen LogP contribution in [0, 0.1) is 6.92 Å². The van der Waals surface area contributed by atoms with Crippen LogP contribution in [0.4, 0.5) is 0 Å². The lowest BCUT2D eigenvalue weighted by Gasteiger charge is -1.97. The molecule has 0 bridgehead atoms. The number of nitrogens with zero attached hydrogens (tertiary/aromatic N) is 3. The van der Waals surface area contributed by atoms with Crippen molar-refractivity contribution in [3.05, 3.63) is 52.9 Å². The Labute approximate surface area is 139 Å². The summed E-state index contributed by atoms with van der Waals surface area (Å²) in [5.41, 5.74) is 2.26. The van der Waals surface area contributed by atoms with Gasteiger partial charge in [-0.2, -0.15) is 0 Å². The van der Waals surface area contributed by atoms with Crippen molar-refractivity contribution in [1.29, 1.82) is 0 Å². The maximum Gasteiger partial charge on any atom is 0.283 e. The van der Waals surface area contributed by atoms with Crippen LogP contribution in [0.5, 0.6) is 0 Å². The first-order chi connectivity index (χ1) is 11.2. The topological polar surface area (TPSA) is 78.1 Å². The highest BCUT2D eigenvalue weighted by molar-refractivity contribution is 9.10. The molecule has 3 heterocycles. The zero-order chi connectivity index (χ0) is 15.8. The second-order valence-corrected chi connectivity index (χ2v) is 5.63. The Hall–Kier alpha value is -2.67. The van der Waals surface area contributed by atoms with Crippen LogP contribution in [0.3, 0.4) is 0 Å². The highest BCUT2D eigenvalue weighted by Gasteiger charge is 2.23. The van der Waals surface area contributed by atoms with Gasteiger partial charge in [0.1, 0.15) is 17.0 Å². The molecule has 0 aliphatic heterocycles. The summed E-state index contributed by atoms with van der Waals surface area (Å²) in [6.45, 7) is 1.81. The van der Waals surface area contributed by atoms with E-state index in [0.29, 0.717) is 39.2 Å². The van der Waals surface area contributed by atoms with Crippen LogP contribution in [-0.2, 0) is 0 Å². The van der Waals surface area contributed by atoms with Gasteiger partial charge in [-0.1, -0.05) is 35.5 Å². The standard InChI is InChI=1S/C16H10BrN3O3/c1-9-13(14(20-23-9)10-5-3-2-4-6-10)16-19-18-15(22-16)11-7-8-12(17)21-11/h2-8H,1H3. The normalized spacial score (nSPS) is 11.0. The van der Waals surface area contributed by atoms with Crippen LogP contribution in [0.2, 0.25) is 0 Å². The van der Waals surface area contributed by atoms with Crippen LogP contribution in [0.15, 0.2) is 60.5 Å². The molecule has 23 heavy (non-hydrogen) atoms. The summed E-state index contributed by atoms with van der Waals surface area (Å²) < 4.78 is 17.1. The summed E-state index contributed by atoms with van der Waals surface area (Å²) in [5, 5.41) is 12.2. The Bertz CT molecular complexity index is 956. The van der Waals surface area contributed by atoms with Crippen molar-refractivity contribution in [1.82, 2.24) is 15.4 Å². The first kappa shape index (κ1) is 14.0. The second kappa shape index (κ2) is 5.51. The molecule has 0 unspecified atom stereocenters. The molecule has 0 aliphatic rings. The van der Waals surface area contributed by atoms with E-state index in [9.17, 15) is 0 Å². The number of benzene rings is 1. The fourth-order valence-corrected chi connectivity index (χ4v) is 2.58. The minimum atomic E-state index is 0.297. The zero-order valence-electron chi connectivity index (χ0n) is 12.0. The largest absolute Gasteiger partial charge is 0.444 e. The van der Waals surface area contributed by atoms with E-state index in [1.54, 1.807) is 12.1 Å². The number of furan rings is 1.